The predicted molar refractivity (Wildman–Crippen MR) is 54.9 cm³/mol. The number of hydrogen-bond donors (Lipinski definition) is 1. The Morgan fingerprint density at radius 1 is 1.50 bits per heavy atom. The lowest BCUT2D eigenvalue weighted by Gasteiger charge is -2.03. The Labute approximate surface area is 92.4 Å². The molecule has 14 heavy (non-hydrogen) atoms. The van der Waals surface area contributed by atoms with Crippen molar-refractivity contribution in [1.29, 1.82) is 0 Å². The minimum atomic E-state index is 0.250. The van der Waals surface area contributed by atoms with Gasteiger partial charge in [0, 0.05) is 4.90 Å². The second-order valence-corrected chi connectivity index (χ2v) is 3.02. The SMILES string of the molecule is CCOc1ccc(S)c(Cl)c1.O=C=O. The van der Waals surface area contributed by atoms with E-state index in [0.29, 0.717) is 11.6 Å². The zero-order valence-electron chi connectivity index (χ0n) is 7.49. The highest BCUT2D eigenvalue weighted by atomic mass is 35.5. The Hall–Kier alpha value is -0.960. The van der Waals surface area contributed by atoms with Crippen molar-refractivity contribution in [1.82, 2.24) is 0 Å². The molecule has 1 rings (SSSR count). The van der Waals surface area contributed by atoms with Crippen LogP contribution >= 0.6 is 24.2 Å². The van der Waals surface area contributed by atoms with E-state index in [9.17, 15) is 0 Å². The Kier molecular flexibility index (Phi) is 6.93. The van der Waals surface area contributed by atoms with Crippen molar-refractivity contribution in [2.75, 3.05) is 6.61 Å². The summed E-state index contributed by atoms with van der Waals surface area (Å²) in [5, 5.41) is 0.624. The van der Waals surface area contributed by atoms with Crippen molar-refractivity contribution in [3.05, 3.63) is 23.2 Å². The summed E-state index contributed by atoms with van der Waals surface area (Å²) in [6, 6.07) is 5.42. The number of ether oxygens (including phenoxy) is 1. The lowest BCUT2D eigenvalue weighted by atomic mass is 10.3. The predicted octanol–water partition coefficient (Wildman–Crippen LogP) is 2.44. The van der Waals surface area contributed by atoms with E-state index in [1.165, 1.54) is 0 Å². The highest BCUT2D eigenvalue weighted by Gasteiger charge is 1.97. The van der Waals surface area contributed by atoms with Gasteiger partial charge in [-0.3, -0.25) is 0 Å². The normalized spacial score (nSPS) is 8.21. The molecule has 0 spiro atoms. The number of thiol groups is 1. The van der Waals surface area contributed by atoms with Crippen molar-refractivity contribution >= 4 is 30.4 Å². The van der Waals surface area contributed by atoms with Gasteiger partial charge in [0.15, 0.2) is 0 Å². The van der Waals surface area contributed by atoms with Gasteiger partial charge >= 0.3 is 6.15 Å². The fourth-order valence-corrected chi connectivity index (χ4v) is 1.05. The summed E-state index contributed by atoms with van der Waals surface area (Å²) in [5.41, 5.74) is 0. The molecule has 0 unspecified atom stereocenters. The van der Waals surface area contributed by atoms with E-state index in [-0.39, 0.29) is 6.15 Å². The van der Waals surface area contributed by atoms with E-state index >= 15 is 0 Å². The third-order valence-electron chi connectivity index (χ3n) is 1.23. The maximum absolute atomic E-state index is 8.12. The maximum atomic E-state index is 8.12. The van der Waals surface area contributed by atoms with Gasteiger partial charge in [-0.25, -0.2) is 0 Å². The summed E-state index contributed by atoms with van der Waals surface area (Å²) >= 11 is 9.92. The Bertz CT molecular complexity index is 322. The molecule has 5 heteroatoms. The summed E-state index contributed by atoms with van der Waals surface area (Å²) in [6.07, 6.45) is 0.250. The maximum Gasteiger partial charge on any atom is 0.373 e. The van der Waals surface area contributed by atoms with Gasteiger partial charge in [-0.1, -0.05) is 11.6 Å². The fourth-order valence-electron chi connectivity index (χ4n) is 0.744. The molecule has 0 bridgehead atoms. The quantitative estimate of drug-likeness (QED) is 0.797. The van der Waals surface area contributed by atoms with Crippen molar-refractivity contribution < 1.29 is 14.3 Å². The van der Waals surface area contributed by atoms with Crippen LogP contribution in [0.1, 0.15) is 6.92 Å². The first kappa shape index (κ1) is 13.0. The van der Waals surface area contributed by atoms with Crippen molar-refractivity contribution in [2.45, 2.75) is 11.8 Å². The molecule has 3 nitrogen and oxygen atoms in total. The molecule has 0 aromatic heterocycles. The Morgan fingerprint density at radius 2 is 2.07 bits per heavy atom. The molecule has 1 aromatic carbocycles. The molecule has 0 radical (unpaired) electrons. The van der Waals surface area contributed by atoms with Gasteiger partial charge in [0.1, 0.15) is 5.75 Å². The minimum Gasteiger partial charge on any atom is -0.494 e. The summed E-state index contributed by atoms with van der Waals surface area (Å²) in [6.45, 7) is 2.59. The van der Waals surface area contributed by atoms with Gasteiger partial charge < -0.3 is 4.74 Å². The first-order chi connectivity index (χ1) is 6.65. The zero-order valence-corrected chi connectivity index (χ0v) is 9.14. The highest BCUT2D eigenvalue weighted by Crippen LogP contribution is 2.24. The topological polar surface area (TPSA) is 43.4 Å². The molecule has 0 heterocycles. The average molecular weight is 233 g/mol. The standard InChI is InChI=1S/C8H9ClOS.CO2/c1-2-10-6-3-4-8(11)7(9)5-6;2-1-3/h3-5,11H,2H2,1H3;. The van der Waals surface area contributed by atoms with Gasteiger partial charge in [-0.15, -0.1) is 12.6 Å². The van der Waals surface area contributed by atoms with Crippen LogP contribution in [0.4, 0.5) is 0 Å². The molecule has 0 atom stereocenters. The van der Waals surface area contributed by atoms with Crippen LogP contribution in [0.25, 0.3) is 0 Å². The van der Waals surface area contributed by atoms with E-state index < -0.39 is 0 Å². The summed E-state index contributed by atoms with van der Waals surface area (Å²) in [7, 11) is 0. The molecular formula is C9H9ClO3S. The number of carbonyl (C=O) groups excluding carboxylic acids is 2. The summed E-state index contributed by atoms with van der Waals surface area (Å²) in [5.74, 6) is 0.787. The Morgan fingerprint density at radius 3 is 2.50 bits per heavy atom. The van der Waals surface area contributed by atoms with E-state index in [4.69, 9.17) is 25.9 Å². The number of benzene rings is 1. The average Bonchev–Trinajstić information content (AvgIpc) is 2.13. The van der Waals surface area contributed by atoms with Crippen LogP contribution in [-0.2, 0) is 9.59 Å². The molecule has 0 aliphatic heterocycles. The van der Waals surface area contributed by atoms with E-state index in [1.54, 1.807) is 6.07 Å². The molecule has 0 saturated heterocycles. The second kappa shape index (κ2) is 7.44. The Balaban J connectivity index is 0.000000500. The number of rotatable bonds is 2. The second-order valence-electron chi connectivity index (χ2n) is 2.13. The lowest BCUT2D eigenvalue weighted by Crippen LogP contribution is -1.90. The third kappa shape index (κ3) is 4.92. The molecular weight excluding hydrogens is 224 g/mol. The van der Waals surface area contributed by atoms with E-state index in [2.05, 4.69) is 12.6 Å². The van der Waals surface area contributed by atoms with Crippen LogP contribution in [-0.4, -0.2) is 12.8 Å². The molecule has 0 saturated carbocycles. The number of halogens is 1. The molecule has 0 amide bonds. The monoisotopic (exact) mass is 232 g/mol. The molecule has 0 aliphatic rings. The van der Waals surface area contributed by atoms with Gasteiger partial charge in [-0.05, 0) is 25.1 Å². The minimum absolute atomic E-state index is 0.250. The van der Waals surface area contributed by atoms with Crippen molar-refractivity contribution in [2.24, 2.45) is 0 Å². The number of hydrogen-bond acceptors (Lipinski definition) is 4. The van der Waals surface area contributed by atoms with Crippen LogP contribution in [0.2, 0.25) is 5.02 Å². The van der Waals surface area contributed by atoms with Crippen molar-refractivity contribution in [3.63, 3.8) is 0 Å². The fraction of sp³-hybridized carbons (Fsp3) is 0.222. The molecule has 0 fully saturated rings. The smallest absolute Gasteiger partial charge is 0.373 e. The summed E-state index contributed by atoms with van der Waals surface area (Å²) in [4.78, 5) is 17.0. The van der Waals surface area contributed by atoms with Gasteiger partial charge in [0.2, 0.25) is 0 Å². The van der Waals surface area contributed by atoms with Gasteiger partial charge in [-0.2, -0.15) is 9.59 Å². The van der Waals surface area contributed by atoms with Crippen LogP contribution in [0.5, 0.6) is 5.75 Å². The van der Waals surface area contributed by atoms with Crippen molar-refractivity contribution in [3.8, 4) is 5.75 Å². The molecule has 1 aromatic rings. The van der Waals surface area contributed by atoms with Crippen LogP contribution in [0, 0.1) is 0 Å². The lowest BCUT2D eigenvalue weighted by molar-refractivity contribution is -0.191. The molecule has 0 N–H and O–H groups in total. The highest BCUT2D eigenvalue weighted by molar-refractivity contribution is 7.80. The van der Waals surface area contributed by atoms with Gasteiger partial charge in [0.25, 0.3) is 0 Å². The zero-order chi connectivity index (χ0) is 11.0. The van der Waals surface area contributed by atoms with E-state index in [1.807, 2.05) is 19.1 Å². The molecule has 76 valence electrons. The van der Waals surface area contributed by atoms with Gasteiger partial charge in [0.05, 0.1) is 11.6 Å². The summed E-state index contributed by atoms with van der Waals surface area (Å²) < 4.78 is 5.22. The van der Waals surface area contributed by atoms with Crippen LogP contribution in [0.15, 0.2) is 23.1 Å². The first-order valence-electron chi connectivity index (χ1n) is 3.76. The first-order valence-corrected chi connectivity index (χ1v) is 4.58. The largest absolute Gasteiger partial charge is 0.494 e. The van der Waals surface area contributed by atoms with Crippen LogP contribution < -0.4 is 4.74 Å². The van der Waals surface area contributed by atoms with Crippen LogP contribution in [0.3, 0.4) is 0 Å². The molecule has 0 aliphatic carbocycles. The van der Waals surface area contributed by atoms with E-state index in [0.717, 1.165) is 10.6 Å². The third-order valence-corrected chi connectivity index (χ3v) is 2.06.